The zero-order valence-corrected chi connectivity index (χ0v) is 8.12. The van der Waals surface area contributed by atoms with Gasteiger partial charge in [0.2, 0.25) is 0 Å². The van der Waals surface area contributed by atoms with E-state index >= 15 is 0 Å². The Hall–Kier alpha value is -1.84. The van der Waals surface area contributed by atoms with Crippen molar-refractivity contribution >= 4 is 12.0 Å². The zero-order valence-electron chi connectivity index (χ0n) is 8.12. The number of hydrogen-bond acceptors (Lipinski definition) is 3. The summed E-state index contributed by atoms with van der Waals surface area (Å²) in [6.07, 6.45) is 3.28. The Labute approximate surface area is 86.1 Å². The molecule has 0 saturated carbocycles. The smallest absolute Gasteiger partial charge is 0.341 e. The van der Waals surface area contributed by atoms with Crippen LogP contribution in [0.25, 0.3) is 6.08 Å². The molecule has 15 heavy (non-hydrogen) atoms. The molecule has 0 aromatic heterocycles. The Bertz CT molecular complexity index is 438. The Kier molecular flexibility index (Phi) is 2.41. The average Bonchev–Trinajstić information content (AvgIpc) is 2.29. The first-order valence-electron chi connectivity index (χ1n) is 4.44. The van der Waals surface area contributed by atoms with Gasteiger partial charge in [0.15, 0.2) is 0 Å². The lowest BCUT2D eigenvalue weighted by Gasteiger charge is -2.15. The molecule has 0 spiro atoms. The first-order valence-corrected chi connectivity index (χ1v) is 4.44. The molecule has 2 rings (SSSR count). The Morgan fingerprint density at radius 3 is 3.07 bits per heavy atom. The number of hydrogen-bond donors (Lipinski definition) is 0. The van der Waals surface area contributed by atoms with Gasteiger partial charge in [0.05, 0.1) is 12.7 Å². The van der Waals surface area contributed by atoms with Crippen LogP contribution in [0.5, 0.6) is 5.75 Å². The fourth-order valence-corrected chi connectivity index (χ4v) is 1.45. The van der Waals surface area contributed by atoms with Crippen molar-refractivity contribution in [3.63, 3.8) is 0 Å². The SMILES string of the molecule is COC(=O)c1ccc(F)c2c1OCC=C2. The van der Waals surface area contributed by atoms with E-state index in [0.29, 0.717) is 12.2 Å². The second-order valence-electron chi connectivity index (χ2n) is 3.04. The molecule has 4 heteroatoms. The molecule has 1 heterocycles. The van der Waals surface area contributed by atoms with Crippen molar-refractivity contribution in [1.82, 2.24) is 0 Å². The summed E-state index contributed by atoms with van der Waals surface area (Å²) in [5.41, 5.74) is 0.544. The Morgan fingerprint density at radius 2 is 2.33 bits per heavy atom. The summed E-state index contributed by atoms with van der Waals surface area (Å²) >= 11 is 0. The molecule has 3 nitrogen and oxygen atoms in total. The second kappa shape index (κ2) is 3.73. The number of esters is 1. The maximum atomic E-state index is 13.3. The minimum Gasteiger partial charge on any atom is -0.488 e. The van der Waals surface area contributed by atoms with Gasteiger partial charge in [0.25, 0.3) is 0 Å². The summed E-state index contributed by atoms with van der Waals surface area (Å²) in [6.45, 7) is 0.334. The third-order valence-electron chi connectivity index (χ3n) is 2.16. The average molecular weight is 208 g/mol. The number of halogens is 1. The van der Waals surface area contributed by atoms with Gasteiger partial charge in [-0.05, 0) is 24.3 Å². The van der Waals surface area contributed by atoms with Crippen molar-refractivity contribution in [2.24, 2.45) is 0 Å². The number of methoxy groups -OCH3 is 1. The van der Waals surface area contributed by atoms with Gasteiger partial charge in [0.1, 0.15) is 23.7 Å². The van der Waals surface area contributed by atoms with Gasteiger partial charge in [-0.15, -0.1) is 0 Å². The van der Waals surface area contributed by atoms with Crippen molar-refractivity contribution in [2.45, 2.75) is 0 Å². The molecule has 1 aliphatic rings. The first kappa shape index (κ1) is 9.71. The van der Waals surface area contributed by atoms with Gasteiger partial charge < -0.3 is 9.47 Å². The molecule has 0 bridgehead atoms. The standard InChI is InChI=1S/C11H9FO3/c1-14-11(13)8-4-5-9(12)7-3-2-6-15-10(7)8/h2-5H,6H2,1H3. The van der Waals surface area contributed by atoms with E-state index in [1.807, 2.05) is 0 Å². The van der Waals surface area contributed by atoms with Crippen LogP contribution in [0.2, 0.25) is 0 Å². The highest BCUT2D eigenvalue weighted by Crippen LogP contribution is 2.30. The number of benzene rings is 1. The summed E-state index contributed by atoms with van der Waals surface area (Å²) in [6, 6.07) is 2.59. The van der Waals surface area contributed by atoms with Crippen molar-refractivity contribution in [2.75, 3.05) is 13.7 Å². The van der Waals surface area contributed by atoms with Crippen molar-refractivity contribution < 1.29 is 18.7 Å². The van der Waals surface area contributed by atoms with Crippen LogP contribution in [-0.2, 0) is 4.74 Å². The number of carbonyl (C=O) groups excluding carboxylic acids is 1. The van der Waals surface area contributed by atoms with Gasteiger partial charge in [0, 0.05) is 0 Å². The third kappa shape index (κ3) is 1.58. The fourth-order valence-electron chi connectivity index (χ4n) is 1.45. The van der Waals surface area contributed by atoms with E-state index in [-0.39, 0.29) is 11.3 Å². The minimum absolute atomic E-state index is 0.248. The van der Waals surface area contributed by atoms with Crippen LogP contribution in [0.15, 0.2) is 18.2 Å². The molecule has 78 valence electrons. The largest absolute Gasteiger partial charge is 0.488 e. The molecule has 0 N–H and O–H groups in total. The lowest BCUT2D eigenvalue weighted by Crippen LogP contribution is -2.10. The summed E-state index contributed by atoms with van der Waals surface area (Å²) in [7, 11) is 1.27. The lowest BCUT2D eigenvalue weighted by molar-refractivity contribution is 0.0596. The van der Waals surface area contributed by atoms with Gasteiger partial charge in [-0.2, -0.15) is 0 Å². The number of ether oxygens (including phenoxy) is 2. The van der Waals surface area contributed by atoms with Crippen LogP contribution in [-0.4, -0.2) is 19.7 Å². The minimum atomic E-state index is -0.526. The first-order chi connectivity index (χ1) is 7.24. The van der Waals surface area contributed by atoms with Crippen LogP contribution in [0.3, 0.4) is 0 Å². The molecule has 1 aromatic rings. The van der Waals surface area contributed by atoms with Gasteiger partial charge in [-0.1, -0.05) is 0 Å². The Morgan fingerprint density at radius 1 is 1.53 bits per heavy atom. The van der Waals surface area contributed by atoms with Crippen molar-refractivity contribution in [3.05, 3.63) is 35.2 Å². The van der Waals surface area contributed by atoms with E-state index in [4.69, 9.17) is 4.74 Å². The van der Waals surface area contributed by atoms with Gasteiger partial charge >= 0.3 is 5.97 Å². The van der Waals surface area contributed by atoms with Crippen LogP contribution < -0.4 is 4.74 Å². The summed E-state index contributed by atoms with van der Waals surface area (Å²) < 4.78 is 23.1. The number of rotatable bonds is 1. The predicted molar refractivity (Wildman–Crippen MR) is 52.3 cm³/mol. The monoisotopic (exact) mass is 208 g/mol. The zero-order chi connectivity index (χ0) is 10.8. The van der Waals surface area contributed by atoms with E-state index in [9.17, 15) is 9.18 Å². The van der Waals surface area contributed by atoms with E-state index < -0.39 is 11.8 Å². The van der Waals surface area contributed by atoms with Crippen LogP contribution in [0.1, 0.15) is 15.9 Å². The summed E-state index contributed by atoms with van der Waals surface area (Å²) in [4.78, 5) is 11.3. The topological polar surface area (TPSA) is 35.5 Å². The lowest BCUT2D eigenvalue weighted by atomic mass is 10.1. The van der Waals surface area contributed by atoms with Crippen molar-refractivity contribution in [3.8, 4) is 5.75 Å². The Balaban J connectivity index is 2.59. The van der Waals surface area contributed by atoms with E-state index in [1.54, 1.807) is 12.2 Å². The van der Waals surface area contributed by atoms with E-state index in [2.05, 4.69) is 4.74 Å². The highest BCUT2D eigenvalue weighted by atomic mass is 19.1. The van der Waals surface area contributed by atoms with Crippen LogP contribution in [0, 0.1) is 5.82 Å². The molecular weight excluding hydrogens is 199 g/mol. The molecule has 0 radical (unpaired) electrons. The van der Waals surface area contributed by atoms with Gasteiger partial charge in [-0.3, -0.25) is 0 Å². The quantitative estimate of drug-likeness (QED) is 0.662. The fraction of sp³-hybridized carbons (Fsp3) is 0.182. The molecule has 0 fully saturated rings. The molecular formula is C11H9FO3. The summed E-state index contributed by atoms with van der Waals surface area (Å²) in [5.74, 6) is -0.681. The van der Waals surface area contributed by atoms with Gasteiger partial charge in [-0.25, -0.2) is 9.18 Å². The molecule has 1 aliphatic heterocycles. The maximum Gasteiger partial charge on any atom is 0.341 e. The second-order valence-corrected chi connectivity index (χ2v) is 3.04. The number of carbonyl (C=O) groups is 1. The number of fused-ring (bicyclic) bond motifs is 1. The van der Waals surface area contributed by atoms with Crippen LogP contribution in [0.4, 0.5) is 4.39 Å². The van der Waals surface area contributed by atoms with Crippen molar-refractivity contribution in [1.29, 1.82) is 0 Å². The highest BCUT2D eigenvalue weighted by molar-refractivity contribution is 5.94. The predicted octanol–water partition coefficient (Wildman–Crippen LogP) is 2.02. The maximum absolute atomic E-state index is 13.3. The summed E-state index contributed by atoms with van der Waals surface area (Å²) in [5, 5.41) is 0. The molecule has 0 atom stereocenters. The van der Waals surface area contributed by atoms with Crippen LogP contribution >= 0.6 is 0 Å². The normalized spacial score (nSPS) is 12.9. The highest BCUT2D eigenvalue weighted by Gasteiger charge is 2.20. The third-order valence-corrected chi connectivity index (χ3v) is 2.16. The molecule has 0 saturated heterocycles. The molecule has 0 amide bonds. The van der Waals surface area contributed by atoms with E-state index in [0.717, 1.165) is 0 Å². The molecule has 0 aliphatic carbocycles. The molecule has 0 unspecified atom stereocenters. The molecule has 1 aromatic carbocycles. The van der Waals surface area contributed by atoms with E-state index in [1.165, 1.54) is 19.2 Å².